The minimum Gasteiger partial charge on any atom is -0.381 e. The molecular weight excluding hydrogens is 216 g/mol. The summed E-state index contributed by atoms with van der Waals surface area (Å²) in [4.78, 5) is 0. The van der Waals surface area contributed by atoms with E-state index in [1.165, 1.54) is 7.11 Å². The first-order valence-electron chi connectivity index (χ1n) is 5.27. The van der Waals surface area contributed by atoms with E-state index < -0.39 is 10.0 Å². The predicted octanol–water partition coefficient (Wildman–Crippen LogP) is -0.307. The van der Waals surface area contributed by atoms with Crippen LogP contribution in [-0.2, 0) is 14.8 Å². The fourth-order valence-corrected chi connectivity index (χ4v) is 2.92. The molecule has 1 aliphatic heterocycles. The first-order valence-corrected chi connectivity index (χ1v) is 6.92. The zero-order chi connectivity index (χ0) is 11.3. The quantitative estimate of drug-likeness (QED) is 0.664. The van der Waals surface area contributed by atoms with Gasteiger partial charge >= 0.3 is 0 Å². The normalized spacial score (nSPS) is 24.3. The van der Waals surface area contributed by atoms with Crippen molar-refractivity contribution in [1.29, 1.82) is 0 Å². The standard InChI is InChI=1S/C9H20N2O3S/c1-8(14-2)7-15(12,13)11-6-9-4-3-5-10-9/h8-11H,3-7H2,1-2H3. The maximum atomic E-state index is 11.5. The highest BCUT2D eigenvalue weighted by Gasteiger charge is 2.19. The third kappa shape index (κ3) is 4.92. The van der Waals surface area contributed by atoms with Gasteiger partial charge in [0.15, 0.2) is 0 Å². The van der Waals surface area contributed by atoms with Crippen LogP contribution in [0.5, 0.6) is 0 Å². The van der Waals surface area contributed by atoms with Gasteiger partial charge in [-0.2, -0.15) is 0 Å². The summed E-state index contributed by atoms with van der Waals surface area (Å²) in [6.07, 6.45) is 1.91. The van der Waals surface area contributed by atoms with Crippen LogP contribution in [0.25, 0.3) is 0 Å². The third-order valence-corrected chi connectivity index (χ3v) is 4.08. The molecule has 0 aromatic carbocycles. The van der Waals surface area contributed by atoms with Crippen LogP contribution in [0.1, 0.15) is 19.8 Å². The number of ether oxygens (including phenoxy) is 1. The lowest BCUT2D eigenvalue weighted by Gasteiger charge is -2.14. The van der Waals surface area contributed by atoms with E-state index in [0.717, 1.165) is 19.4 Å². The maximum absolute atomic E-state index is 11.5. The van der Waals surface area contributed by atoms with E-state index in [0.29, 0.717) is 6.54 Å². The van der Waals surface area contributed by atoms with E-state index in [1.807, 2.05) is 0 Å². The SMILES string of the molecule is COC(C)CS(=O)(=O)NCC1CCCN1. The van der Waals surface area contributed by atoms with Gasteiger partial charge in [-0.25, -0.2) is 13.1 Å². The minimum atomic E-state index is -3.20. The van der Waals surface area contributed by atoms with Crippen LogP contribution >= 0.6 is 0 Å². The molecule has 1 fully saturated rings. The molecule has 0 bridgehead atoms. The van der Waals surface area contributed by atoms with Crippen molar-refractivity contribution < 1.29 is 13.2 Å². The van der Waals surface area contributed by atoms with Crippen LogP contribution in [0.3, 0.4) is 0 Å². The minimum absolute atomic E-state index is 0.0240. The molecule has 0 radical (unpaired) electrons. The van der Waals surface area contributed by atoms with Crippen LogP contribution in [0, 0.1) is 0 Å². The fourth-order valence-electron chi connectivity index (χ4n) is 1.59. The summed E-state index contributed by atoms with van der Waals surface area (Å²) >= 11 is 0. The van der Waals surface area contributed by atoms with Gasteiger partial charge in [-0.1, -0.05) is 0 Å². The van der Waals surface area contributed by atoms with E-state index >= 15 is 0 Å². The summed E-state index contributed by atoms with van der Waals surface area (Å²) in [5, 5.41) is 3.24. The Morgan fingerprint density at radius 1 is 1.60 bits per heavy atom. The van der Waals surface area contributed by atoms with Crippen LogP contribution in [-0.4, -0.2) is 46.5 Å². The molecule has 1 aliphatic rings. The highest BCUT2D eigenvalue weighted by atomic mass is 32.2. The fraction of sp³-hybridized carbons (Fsp3) is 1.00. The van der Waals surface area contributed by atoms with Gasteiger partial charge in [0, 0.05) is 19.7 Å². The number of hydrogen-bond acceptors (Lipinski definition) is 4. The van der Waals surface area contributed by atoms with E-state index in [2.05, 4.69) is 10.0 Å². The van der Waals surface area contributed by atoms with Gasteiger partial charge < -0.3 is 10.1 Å². The summed E-state index contributed by atoms with van der Waals surface area (Å²) in [6, 6.07) is 0.289. The molecule has 0 saturated carbocycles. The zero-order valence-electron chi connectivity index (χ0n) is 9.32. The first-order chi connectivity index (χ1) is 7.03. The highest BCUT2D eigenvalue weighted by Crippen LogP contribution is 2.04. The Hall–Kier alpha value is -0.170. The van der Waals surface area contributed by atoms with Crippen molar-refractivity contribution in [3.63, 3.8) is 0 Å². The van der Waals surface area contributed by atoms with Crippen molar-refractivity contribution >= 4 is 10.0 Å². The Labute approximate surface area is 91.6 Å². The number of nitrogens with one attached hydrogen (secondary N) is 2. The van der Waals surface area contributed by atoms with E-state index in [9.17, 15) is 8.42 Å². The molecule has 0 aromatic heterocycles. The lowest BCUT2D eigenvalue weighted by molar-refractivity contribution is 0.136. The number of hydrogen-bond donors (Lipinski definition) is 2. The van der Waals surface area contributed by atoms with Crippen LogP contribution < -0.4 is 10.0 Å². The van der Waals surface area contributed by atoms with Crippen molar-refractivity contribution in [1.82, 2.24) is 10.0 Å². The van der Waals surface area contributed by atoms with E-state index in [1.54, 1.807) is 6.92 Å². The van der Waals surface area contributed by atoms with Crippen molar-refractivity contribution in [3.8, 4) is 0 Å². The van der Waals surface area contributed by atoms with E-state index in [4.69, 9.17) is 4.74 Å². The van der Waals surface area contributed by atoms with Gasteiger partial charge in [0.05, 0.1) is 11.9 Å². The van der Waals surface area contributed by atoms with Crippen molar-refractivity contribution in [2.24, 2.45) is 0 Å². The molecular formula is C9H20N2O3S. The van der Waals surface area contributed by atoms with Gasteiger partial charge in [0.25, 0.3) is 0 Å². The topological polar surface area (TPSA) is 67.4 Å². The average Bonchev–Trinajstić information content (AvgIpc) is 2.66. The van der Waals surface area contributed by atoms with Gasteiger partial charge in [0.2, 0.25) is 10.0 Å². The van der Waals surface area contributed by atoms with Crippen molar-refractivity contribution in [3.05, 3.63) is 0 Å². The molecule has 2 unspecified atom stereocenters. The summed E-state index contributed by atoms with van der Waals surface area (Å²) in [7, 11) is -1.68. The molecule has 1 heterocycles. The zero-order valence-corrected chi connectivity index (χ0v) is 10.1. The molecule has 0 amide bonds. The Bertz CT molecular complexity index is 273. The lowest BCUT2D eigenvalue weighted by Crippen LogP contribution is -2.39. The Morgan fingerprint density at radius 2 is 2.33 bits per heavy atom. The number of rotatable bonds is 6. The molecule has 0 aromatic rings. The maximum Gasteiger partial charge on any atom is 0.214 e. The second-order valence-electron chi connectivity index (χ2n) is 3.97. The molecule has 5 nitrogen and oxygen atoms in total. The average molecular weight is 236 g/mol. The molecule has 0 aliphatic carbocycles. The summed E-state index contributed by atoms with van der Waals surface area (Å²) in [5.41, 5.74) is 0. The molecule has 90 valence electrons. The molecule has 2 N–H and O–H groups in total. The van der Waals surface area contributed by atoms with Crippen molar-refractivity contribution in [2.75, 3.05) is 26.0 Å². The van der Waals surface area contributed by atoms with Gasteiger partial charge in [-0.15, -0.1) is 0 Å². The molecule has 6 heteroatoms. The largest absolute Gasteiger partial charge is 0.381 e. The molecule has 15 heavy (non-hydrogen) atoms. The van der Waals surface area contributed by atoms with Crippen LogP contribution in [0.2, 0.25) is 0 Å². The summed E-state index contributed by atoms with van der Waals surface area (Å²) in [6.45, 7) is 3.21. The van der Waals surface area contributed by atoms with Crippen LogP contribution in [0.4, 0.5) is 0 Å². The van der Waals surface area contributed by atoms with Gasteiger partial charge in [-0.05, 0) is 26.3 Å². The summed E-state index contributed by atoms with van der Waals surface area (Å²) in [5.74, 6) is 0.0240. The Morgan fingerprint density at radius 3 is 2.87 bits per heavy atom. The van der Waals surface area contributed by atoms with Gasteiger partial charge in [-0.3, -0.25) is 0 Å². The molecule has 0 spiro atoms. The number of methoxy groups -OCH3 is 1. The number of sulfonamides is 1. The second kappa shape index (κ2) is 5.79. The van der Waals surface area contributed by atoms with Crippen LogP contribution in [0.15, 0.2) is 0 Å². The smallest absolute Gasteiger partial charge is 0.214 e. The Balaban J connectivity index is 2.29. The monoisotopic (exact) mass is 236 g/mol. The highest BCUT2D eigenvalue weighted by molar-refractivity contribution is 7.89. The van der Waals surface area contributed by atoms with Crippen molar-refractivity contribution in [2.45, 2.75) is 31.9 Å². The Kier molecular flexibility index (Phi) is 4.98. The molecule has 1 saturated heterocycles. The van der Waals surface area contributed by atoms with Gasteiger partial charge in [0.1, 0.15) is 0 Å². The predicted molar refractivity (Wildman–Crippen MR) is 59.3 cm³/mol. The lowest BCUT2D eigenvalue weighted by atomic mass is 10.2. The molecule has 2 atom stereocenters. The third-order valence-electron chi connectivity index (χ3n) is 2.57. The second-order valence-corrected chi connectivity index (χ2v) is 5.82. The molecule has 1 rings (SSSR count). The first kappa shape index (κ1) is 12.9. The summed E-state index contributed by atoms with van der Waals surface area (Å²) < 4.78 is 30.6. The van der Waals surface area contributed by atoms with E-state index in [-0.39, 0.29) is 17.9 Å².